The molecule has 0 radical (unpaired) electrons. The first kappa shape index (κ1) is 12.6. The van der Waals surface area contributed by atoms with Gasteiger partial charge in [0.1, 0.15) is 0 Å². The Bertz CT molecular complexity index is 546. The number of hydrogen-bond acceptors (Lipinski definition) is 4. The molecule has 0 aliphatic rings. The molecule has 0 fully saturated rings. The third-order valence-electron chi connectivity index (χ3n) is 2.28. The standard InChI is InChI=1S/C13H14N2O2S/c1-8(2)15-13(17)11-5-4-10(18-11)9-3-6-12(16)14-7-9/h3-8H,1-2H3,(H,14,16)(H,15,17). The molecule has 0 unspecified atom stereocenters. The lowest BCUT2D eigenvalue weighted by Gasteiger charge is -2.05. The largest absolute Gasteiger partial charge is 0.493 e. The third-order valence-corrected chi connectivity index (χ3v) is 3.42. The zero-order valence-electron chi connectivity index (χ0n) is 10.2. The molecule has 0 aromatic carbocycles. The topological polar surface area (TPSA) is 62.2 Å². The van der Waals surface area contributed by atoms with Gasteiger partial charge >= 0.3 is 0 Å². The van der Waals surface area contributed by atoms with Crippen molar-refractivity contribution in [2.75, 3.05) is 0 Å². The van der Waals surface area contributed by atoms with E-state index in [-0.39, 0.29) is 17.8 Å². The van der Waals surface area contributed by atoms with Crippen LogP contribution in [0.3, 0.4) is 0 Å². The number of amides is 1. The smallest absolute Gasteiger partial charge is 0.261 e. The molecule has 1 amide bonds. The molecular formula is C13H14N2O2S. The molecule has 2 heterocycles. The highest BCUT2D eigenvalue weighted by atomic mass is 32.1. The predicted molar refractivity (Wildman–Crippen MR) is 71.8 cm³/mol. The number of aromatic hydroxyl groups is 1. The van der Waals surface area contributed by atoms with E-state index in [2.05, 4.69) is 10.3 Å². The number of pyridine rings is 1. The van der Waals surface area contributed by atoms with E-state index >= 15 is 0 Å². The first-order valence-electron chi connectivity index (χ1n) is 5.62. The summed E-state index contributed by atoms with van der Waals surface area (Å²) in [5.74, 6) is -0.0685. The van der Waals surface area contributed by atoms with E-state index in [0.717, 1.165) is 10.4 Å². The van der Waals surface area contributed by atoms with Gasteiger partial charge < -0.3 is 10.4 Å². The van der Waals surface area contributed by atoms with Gasteiger partial charge in [-0.2, -0.15) is 0 Å². The van der Waals surface area contributed by atoms with Gasteiger partial charge in [0.15, 0.2) is 0 Å². The molecule has 0 aliphatic carbocycles. The molecule has 2 rings (SSSR count). The van der Waals surface area contributed by atoms with Crippen molar-refractivity contribution < 1.29 is 9.90 Å². The fourth-order valence-corrected chi connectivity index (χ4v) is 2.38. The summed E-state index contributed by atoms with van der Waals surface area (Å²) < 4.78 is 0. The Hall–Kier alpha value is -1.88. The molecule has 2 aromatic rings. The molecule has 2 N–H and O–H groups in total. The zero-order chi connectivity index (χ0) is 13.1. The Balaban J connectivity index is 2.20. The summed E-state index contributed by atoms with van der Waals surface area (Å²) >= 11 is 1.41. The maximum absolute atomic E-state index is 11.8. The summed E-state index contributed by atoms with van der Waals surface area (Å²) in [5.41, 5.74) is 0.890. The van der Waals surface area contributed by atoms with Gasteiger partial charge in [-0.25, -0.2) is 4.98 Å². The molecule has 0 atom stereocenters. The van der Waals surface area contributed by atoms with E-state index in [4.69, 9.17) is 5.11 Å². The number of hydrogen-bond donors (Lipinski definition) is 2. The highest BCUT2D eigenvalue weighted by Crippen LogP contribution is 2.28. The van der Waals surface area contributed by atoms with E-state index in [1.54, 1.807) is 18.3 Å². The Morgan fingerprint density at radius 2 is 2.11 bits per heavy atom. The molecule has 0 aliphatic heterocycles. The Morgan fingerprint density at radius 3 is 2.72 bits per heavy atom. The second-order valence-corrected chi connectivity index (χ2v) is 5.28. The minimum atomic E-state index is -0.0620. The summed E-state index contributed by atoms with van der Waals surface area (Å²) in [6, 6.07) is 7.11. The first-order chi connectivity index (χ1) is 8.56. The summed E-state index contributed by atoms with van der Waals surface area (Å²) in [6.07, 6.45) is 1.59. The molecule has 4 nitrogen and oxygen atoms in total. The second-order valence-electron chi connectivity index (χ2n) is 4.20. The molecule has 94 valence electrons. The first-order valence-corrected chi connectivity index (χ1v) is 6.44. The average Bonchev–Trinajstić information content (AvgIpc) is 2.78. The van der Waals surface area contributed by atoms with Gasteiger partial charge in [-0.15, -0.1) is 11.3 Å². The van der Waals surface area contributed by atoms with Crippen LogP contribution >= 0.6 is 11.3 Å². The van der Waals surface area contributed by atoms with Crippen LogP contribution in [0.2, 0.25) is 0 Å². The van der Waals surface area contributed by atoms with E-state index in [1.165, 1.54) is 17.4 Å². The minimum Gasteiger partial charge on any atom is -0.493 e. The van der Waals surface area contributed by atoms with Gasteiger partial charge in [0.25, 0.3) is 5.91 Å². The molecule has 0 saturated heterocycles. The number of thiophene rings is 1. The molecule has 0 bridgehead atoms. The summed E-state index contributed by atoms with van der Waals surface area (Å²) in [7, 11) is 0. The van der Waals surface area contributed by atoms with Crippen LogP contribution in [0.1, 0.15) is 23.5 Å². The van der Waals surface area contributed by atoms with Crippen molar-refractivity contribution in [2.45, 2.75) is 19.9 Å². The average molecular weight is 262 g/mol. The minimum absolute atomic E-state index is 0.00641. The van der Waals surface area contributed by atoms with Gasteiger partial charge in [-0.3, -0.25) is 4.79 Å². The van der Waals surface area contributed by atoms with Crippen LogP contribution in [-0.4, -0.2) is 22.0 Å². The molecule has 0 saturated carbocycles. The van der Waals surface area contributed by atoms with Crippen LogP contribution in [0.15, 0.2) is 30.5 Å². The van der Waals surface area contributed by atoms with Crippen molar-refractivity contribution in [3.05, 3.63) is 35.3 Å². The maximum atomic E-state index is 11.8. The van der Waals surface area contributed by atoms with Gasteiger partial charge in [0.05, 0.1) is 4.88 Å². The number of nitrogens with one attached hydrogen (secondary N) is 1. The SMILES string of the molecule is CC(C)NC(=O)c1ccc(-c2ccc(O)nc2)s1. The van der Waals surface area contributed by atoms with E-state index in [9.17, 15) is 4.79 Å². The lowest BCUT2D eigenvalue weighted by atomic mass is 10.2. The zero-order valence-corrected chi connectivity index (χ0v) is 11.0. The normalized spacial score (nSPS) is 10.6. The number of nitrogens with zero attached hydrogens (tertiary/aromatic N) is 1. The van der Waals surface area contributed by atoms with Crippen molar-refractivity contribution in [3.8, 4) is 16.3 Å². The van der Waals surface area contributed by atoms with Crippen LogP contribution < -0.4 is 5.32 Å². The number of carbonyl (C=O) groups excluding carboxylic acids is 1. The van der Waals surface area contributed by atoms with Gasteiger partial charge in [0, 0.05) is 28.7 Å². The van der Waals surface area contributed by atoms with Crippen molar-refractivity contribution in [2.24, 2.45) is 0 Å². The fourth-order valence-electron chi connectivity index (χ4n) is 1.48. The van der Waals surface area contributed by atoms with Crippen molar-refractivity contribution in [1.82, 2.24) is 10.3 Å². The number of aromatic nitrogens is 1. The van der Waals surface area contributed by atoms with E-state index < -0.39 is 0 Å². The highest BCUT2D eigenvalue weighted by Gasteiger charge is 2.11. The van der Waals surface area contributed by atoms with Crippen LogP contribution in [0.5, 0.6) is 5.88 Å². The van der Waals surface area contributed by atoms with Crippen molar-refractivity contribution in [3.63, 3.8) is 0 Å². The van der Waals surface area contributed by atoms with E-state index in [0.29, 0.717) is 4.88 Å². The monoisotopic (exact) mass is 262 g/mol. The van der Waals surface area contributed by atoms with Gasteiger partial charge in [-0.05, 0) is 32.0 Å². The fraction of sp³-hybridized carbons (Fsp3) is 0.231. The van der Waals surface area contributed by atoms with Crippen LogP contribution in [0, 0.1) is 0 Å². The van der Waals surface area contributed by atoms with E-state index in [1.807, 2.05) is 19.9 Å². The molecule has 2 aromatic heterocycles. The second kappa shape index (κ2) is 5.18. The Kier molecular flexibility index (Phi) is 3.62. The van der Waals surface area contributed by atoms with Crippen LogP contribution in [-0.2, 0) is 0 Å². The maximum Gasteiger partial charge on any atom is 0.261 e. The number of rotatable bonds is 3. The summed E-state index contributed by atoms with van der Waals surface area (Å²) in [6.45, 7) is 3.85. The molecule has 0 spiro atoms. The summed E-state index contributed by atoms with van der Waals surface area (Å²) in [5, 5.41) is 12.0. The quantitative estimate of drug-likeness (QED) is 0.894. The van der Waals surface area contributed by atoms with Crippen LogP contribution in [0.4, 0.5) is 0 Å². The molecule has 18 heavy (non-hydrogen) atoms. The Morgan fingerprint density at radius 1 is 1.33 bits per heavy atom. The number of carbonyl (C=O) groups is 1. The van der Waals surface area contributed by atoms with Crippen LogP contribution in [0.25, 0.3) is 10.4 Å². The molecule has 5 heteroatoms. The Labute approximate surface area is 109 Å². The van der Waals surface area contributed by atoms with Crippen molar-refractivity contribution >= 4 is 17.2 Å². The lowest BCUT2D eigenvalue weighted by molar-refractivity contribution is 0.0947. The highest BCUT2D eigenvalue weighted by molar-refractivity contribution is 7.17. The predicted octanol–water partition coefficient (Wildman–Crippen LogP) is 2.65. The van der Waals surface area contributed by atoms with Gasteiger partial charge in [0.2, 0.25) is 5.88 Å². The molecular weight excluding hydrogens is 248 g/mol. The lowest BCUT2D eigenvalue weighted by Crippen LogP contribution is -2.29. The van der Waals surface area contributed by atoms with Crippen molar-refractivity contribution in [1.29, 1.82) is 0 Å². The van der Waals surface area contributed by atoms with Gasteiger partial charge in [-0.1, -0.05) is 0 Å². The third kappa shape index (κ3) is 2.87. The summed E-state index contributed by atoms with van der Waals surface area (Å²) in [4.78, 5) is 17.2.